The highest BCUT2D eigenvalue weighted by Gasteiger charge is 2.38. The maximum Gasteiger partial charge on any atom is 0.416 e. The summed E-state index contributed by atoms with van der Waals surface area (Å²) in [7, 11) is 0. The van der Waals surface area contributed by atoms with Gasteiger partial charge in [0.1, 0.15) is 11.5 Å². The van der Waals surface area contributed by atoms with E-state index in [1.54, 1.807) is 17.2 Å². The molecule has 1 aliphatic rings. The molecule has 1 amide bonds. The van der Waals surface area contributed by atoms with Gasteiger partial charge in [0, 0.05) is 19.3 Å². The Morgan fingerprint density at radius 1 is 1.22 bits per heavy atom. The molecule has 0 spiro atoms. The fourth-order valence-electron chi connectivity index (χ4n) is 3.76. The largest absolute Gasteiger partial charge is 0.416 e. The summed E-state index contributed by atoms with van der Waals surface area (Å²) in [4.78, 5) is 23.4. The molecule has 170 valence electrons. The quantitative estimate of drug-likeness (QED) is 0.604. The number of aliphatic hydroxyl groups is 1. The van der Waals surface area contributed by atoms with E-state index in [1.807, 2.05) is 13.8 Å². The van der Waals surface area contributed by atoms with E-state index in [9.17, 15) is 23.1 Å². The summed E-state index contributed by atoms with van der Waals surface area (Å²) in [6.07, 6.45) is -1.64. The number of carbonyl (C=O) groups is 1. The average molecular weight is 448 g/mol. The zero-order valence-corrected chi connectivity index (χ0v) is 17.6. The lowest BCUT2D eigenvalue weighted by Gasteiger charge is -2.39. The lowest BCUT2D eigenvalue weighted by molar-refractivity contribution is -0.137. The topological polar surface area (TPSA) is 90.3 Å². The van der Waals surface area contributed by atoms with E-state index in [1.165, 1.54) is 21.8 Å². The van der Waals surface area contributed by atoms with Gasteiger partial charge in [-0.25, -0.2) is 4.98 Å². The number of carbonyl (C=O) groups excluding carboxylic acids is 1. The molecule has 1 atom stereocenters. The van der Waals surface area contributed by atoms with E-state index < -0.39 is 18.1 Å². The minimum absolute atomic E-state index is 0.146. The van der Waals surface area contributed by atoms with Gasteiger partial charge in [-0.15, -0.1) is 0 Å². The smallest absolute Gasteiger partial charge is 0.356 e. The number of aromatic amines is 1. The summed E-state index contributed by atoms with van der Waals surface area (Å²) in [5.74, 6) is 0.412. The third kappa shape index (κ3) is 3.95. The van der Waals surface area contributed by atoms with Crippen molar-refractivity contribution in [1.82, 2.24) is 24.6 Å². The number of imidazole rings is 1. The first-order valence-electron chi connectivity index (χ1n) is 10.3. The molecule has 0 bridgehead atoms. The molecule has 0 fully saturated rings. The number of halogens is 3. The number of aliphatic hydroxyl groups excluding tert-OH is 1. The van der Waals surface area contributed by atoms with E-state index in [0.29, 0.717) is 42.3 Å². The summed E-state index contributed by atoms with van der Waals surface area (Å²) >= 11 is 0. The maximum absolute atomic E-state index is 13.0. The van der Waals surface area contributed by atoms with Gasteiger partial charge in [0.2, 0.25) is 6.35 Å². The van der Waals surface area contributed by atoms with Crippen molar-refractivity contribution in [1.29, 1.82) is 0 Å². The first-order chi connectivity index (χ1) is 15.2. The number of hydrogen-bond donors (Lipinski definition) is 2. The van der Waals surface area contributed by atoms with Gasteiger partial charge in [-0.3, -0.25) is 14.4 Å². The fraction of sp³-hybridized carbons (Fsp3) is 0.381. The Bertz CT molecular complexity index is 1120. The van der Waals surface area contributed by atoms with E-state index in [2.05, 4.69) is 15.1 Å². The van der Waals surface area contributed by atoms with Crippen LogP contribution in [0.2, 0.25) is 0 Å². The molecule has 0 aliphatic carbocycles. The van der Waals surface area contributed by atoms with E-state index >= 15 is 0 Å². The van der Waals surface area contributed by atoms with E-state index in [-0.39, 0.29) is 18.1 Å². The Hall–Kier alpha value is -3.34. The lowest BCUT2D eigenvalue weighted by atomic mass is 10.1. The number of aromatic nitrogens is 4. The number of anilines is 1. The first kappa shape index (κ1) is 21.9. The van der Waals surface area contributed by atoms with E-state index in [0.717, 1.165) is 12.1 Å². The number of H-pyrrole nitrogens is 1. The van der Waals surface area contributed by atoms with Gasteiger partial charge in [-0.2, -0.15) is 18.3 Å². The molecule has 0 saturated carbocycles. The van der Waals surface area contributed by atoms with Crippen molar-refractivity contribution >= 4 is 11.7 Å². The van der Waals surface area contributed by atoms with E-state index in [4.69, 9.17) is 0 Å². The van der Waals surface area contributed by atoms with Crippen molar-refractivity contribution in [3.8, 4) is 11.4 Å². The molecule has 0 radical (unpaired) electrons. The fourth-order valence-corrected chi connectivity index (χ4v) is 3.76. The summed E-state index contributed by atoms with van der Waals surface area (Å²) in [5, 5.41) is 14.8. The monoisotopic (exact) mass is 448 g/mol. The first-order valence-corrected chi connectivity index (χ1v) is 10.3. The molecular weight excluding hydrogens is 425 g/mol. The van der Waals surface area contributed by atoms with Gasteiger partial charge >= 0.3 is 6.18 Å². The molecule has 32 heavy (non-hydrogen) atoms. The Balaban J connectivity index is 1.60. The van der Waals surface area contributed by atoms with Gasteiger partial charge in [0.05, 0.1) is 23.9 Å². The number of benzene rings is 1. The summed E-state index contributed by atoms with van der Waals surface area (Å²) < 4.78 is 40.4. The van der Waals surface area contributed by atoms with Gasteiger partial charge in [0.15, 0.2) is 5.82 Å². The van der Waals surface area contributed by atoms with Crippen molar-refractivity contribution in [2.45, 2.75) is 39.3 Å². The molecule has 2 aromatic heterocycles. The van der Waals surface area contributed by atoms with Crippen molar-refractivity contribution in [3.05, 3.63) is 53.5 Å². The molecule has 0 saturated heterocycles. The molecule has 11 heteroatoms. The van der Waals surface area contributed by atoms with Crippen molar-refractivity contribution in [2.75, 3.05) is 18.0 Å². The highest BCUT2D eigenvalue weighted by atomic mass is 19.4. The van der Waals surface area contributed by atoms with Gasteiger partial charge < -0.3 is 15.0 Å². The Morgan fingerprint density at radius 3 is 2.69 bits per heavy atom. The molecule has 3 heterocycles. The number of hydrogen-bond acceptors (Lipinski definition) is 5. The highest BCUT2D eigenvalue weighted by molar-refractivity contribution is 6.00. The number of rotatable bonds is 6. The molecule has 1 unspecified atom stereocenters. The second-order valence-electron chi connectivity index (χ2n) is 7.54. The Labute approximate surface area is 182 Å². The van der Waals surface area contributed by atoms with Crippen LogP contribution < -0.4 is 4.90 Å². The molecule has 1 aromatic carbocycles. The molecule has 4 rings (SSSR count). The van der Waals surface area contributed by atoms with Crippen LogP contribution in [0, 0.1) is 0 Å². The van der Waals surface area contributed by atoms with Crippen LogP contribution in [-0.2, 0) is 12.7 Å². The minimum Gasteiger partial charge on any atom is -0.356 e. The molecular formula is C21H23F3N6O2. The second kappa shape index (κ2) is 8.30. The highest BCUT2D eigenvalue weighted by Crippen LogP contribution is 2.32. The van der Waals surface area contributed by atoms with Crippen molar-refractivity contribution in [2.24, 2.45) is 0 Å². The summed E-state index contributed by atoms with van der Waals surface area (Å²) in [5.41, 5.74) is 0.603. The maximum atomic E-state index is 13.0. The second-order valence-corrected chi connectivity index (χ2v) is 7.54. The van der Waals surface area contributed by atoms with Gasteiger partial charge in [-0.1, -0.05) is 19.1 Å². The number of fused-ring (bicyclic) bond motifs is 1. The Morgan fingerprint density at radius 2 is 2.00 bits per heavy atom. The third-order valence-electron chi connectivity index (χ3n) is 5.30. The zero-order chi connectivity index (χ0) is 23.0. The third-order valence-corrected chi connectivity index (χ3v) is 5.30. The van der Waals surface area contributed by atoms with Crippen LogP contribution in [-0.4, -0.2) is 55.1 Å². The SMILES string of the molecule is CCCN1C(=O)c2[nH]c(-c3cnn(Cc4cccc(C(F)(F)F)c4)c3)nc2N(CC)C1O. The molecule has 3 aromatic rings. The van der Waals surface area contributed by atoms with Crippen LogP contribution in [0.4, 0.5) is 19.0 Å². The molecule has 8 nitrogen and oxygen atoms in total. The zero-order valence-electron chi connectivity index (χ0n) is 17.6. The number of amides is 1. The molecule has 2 N–H and O–H groups in total. The van der Waals surface area contributed by atoms with Crippen LogP contribution in [0.5, 0.6) is 0 Å². The van der Waals surface area contributed by atoms with Crippen LogP contribution in [0.25, 0.3) is 11.4 Å². The van der Waals surface area contributed by atoms with Crippen LogP contribution in [0.15, 0.2) is 36.7 Å². The number of nitrogens with zero attached hydrogens (tertiary/aromatic N) is 5. The summed E-state index contributed by atoms with van der Waals surface area (Å²) in [6.45, 7) is 4.77. The predicted octanol–water partition coefficient (Wildman–Crippen LogP) is 3.31. The molecule has 1 aliphatic heterocycles. The van der Waals surface area contributed by atoms with Crippen molar-refractivity contribution in [3.63, 3.8) is 0 Å². The number of nitrogens with one attached hydrogen (secondary N) is 1. The normalized spacial score (nSPS) is 16.6. The van der Waals surface area contributed by atoms with Gasteiger partial charge in [-0.05, 0) is 31.0 Å². The lowest BCUT2D eigenvalue weighted by Crippen LogP contribution is -2.55. The van der Waals surface area contributed by atoms with Gasteiger partial charge in [0.25, 0.3) is 5.91 Å². The average Bonchev–Trinajstić information content (AvgIpc) is 3.39. The van der Waals surface area contributed by atoms with Crippen molar-refractivity contribution < 1.29 is 23.1 Å². The summed E-state index contributed by atoms with van der Waals surface area (Å²) in [6, 6.07) is 5.08. The number of alkyl halides is 3. The minimum atomic E-state index is -4.41. The predicted molar refractivity (Wildman–Crippen MR) is 111 cm³/mol. The van der Waals surface area contributed by atoms with Crippen LogP contribution in [0.1, 0.15) is 41.9 Å². The standard InChI is InChI=1S/C21H23F3N6O2/c1-3-8-30-19(31)16-18(29(4-2)20(30)32)27-17(26-16)14-10-25-28(12-14)11-13-6-5-7-15(9-13)21(22,23)24/h5-7,9-10,12,20,32H,3-4,8,11H2,1-2H3,(H,26,27). The van der Waals surface area contributed by atoms with Crippen LogP contribution in [0.3, 0.4) is 0 Å². The van der Waals surface area contributed by atoms with Crippen LogP contribution >= 0.6 is 0 Å². The Kier molecular flexibility index (Phi) is 5.68.